The summed E-state index contributed by atoms with van der Waals surface area (Å²) in [5, 5.41) is 11.3. The molecule has 4 rings (SSSR count). The van der Waals surface area contributed by atoms with E-state index in [9.17, 15) is 18.3 Å². The number of hydrogen-bond acceptors (Lipinski definition) is 5. The zero-order chi connectivity index (χ0) is 24.5. The maximum atomic E-state index is 13.7. The summed E-state index contributed by atoms with van der Waals surface area (Å²) in [5.41, 5.74) is 0.737. The molecule has 1 N–H and O–H groups in total. The van der Waals surface area contributed by atoms with Gasteiger partial charge in [0.2, 0.25) is 9.84 Å². The van der Waals surface area contributed by atoms with Gasteiger partial charge >= 0.3 is 0 Å². The fourth-order valence-corrected chi connectivity index (χ4v) is 5.72. The SMILES string of the molecule is CCCOc1cccc([C@H]2C(S(=O)(=O)c3ccccc3)=C(O)C(=O)N2c2ccc(Cl)c(Cl)c2)c1. The second-order valence-corrected chi connectivity index (χ2v) is 10.4. The van der Waals surface area contributed by atoms with E-state index in [2.05, 4.69) is 0 Å². The average molecular weight is 518 g/mol. The Hall–Kier alpha value is -3.00. The Morgan fingerprint density at radius 1 is 0.971 bits per heavy atom. The second kappa shape index (κ2) is 9.70. The van der Waals surface area contributed by atoms with Gasteiger partial charge < -0.3 is 9.84 Å². The van der Waals surface area contributed by atoms with Crippen LogP contribution >= 0.6 is 23.2 Å². The van der Waals surface area contributed by atoms with Gasteiger partial charge in [0, 0.05) is 5.69 Å². The summed E-state index contributed by atoms with van der Waals surface area (Å²) in [6.45, 7) is 2.44. The minimum Gasteiger partial charge on any atom is -0.502 e. The lowest BCUT2D eigenvalue weighted by molar-refractivity contribution is -0.117. The van der Waals surface area contributed by atoms with Crippen LogP contribution < -0.4 is 9.64 Å². The number of sulfone groups is 1. The Kier molecular flexibility index (Phi) is 6.89. The molecule has 0 radical (unpaired) electrons. The predicted molar refractivity (Wildman–Crippen MR) is 132 cm³/mol. The van der Waals surface area contributed by atoms with E-state index < -0.39 is 32.5 Å². The molecule has 1 amide bonds. The van der Waals surface area contributed by atoms with Crippen molar-refractivity contribution >= 4 is 44.6 Å². The van der Waals surface area contributed by atoms with Gasteiger partial charge in [0.05, 0.1) is 21.5 Å². The molecule has 0 aromatic heterocycles. The van der Waals surface area contributed by atoms with Crippen molar-refractivity contribution in [2.45, 2.75) is 24.3 Å². The van der Waals surface area contributed by atoms with Crippen LogP contribution in [0.4, 0.5) is 5.69 Å². The van der Waals surface area contributed by atoms with Gasteiger partial charge in [-0.25, -0.2) is 8.42 Å². The smallest absolute Gasteiger partial charge is 0.295 e. The topological polar surface area (TPSA) is 83.9 Å². The number of nitrogens with zero attached hydrogens (tertiary/aromatic N) is 1. The van der Waals surface area contributed by atoms with Gasteiger partial charge in [-0.1, -0.05) is 60.5 Å². The molecule has 9 heteroatoms. The fraction of sp³-hybridized carbons (Fsp3) is 0.160. The van der Waals surface area contributed by atoms with Gasteiger partial charge in [-0.3, -0.25) is 9.69 Å². The maximum Gasteiger partial charge on any atom is 0.295 e. The Morgan fingerprint density at radius 3 is 2.38 bits per heavy atom. The van der Waals surface area contributed by atoms with Crippen LogP contribution in [0.1, 0.15) is 24.9 Å². The first kappa shape index (κ1) is 24.1. The number of hydrogen-bond donors (Lipinski definition) is 1. The van der Waals surface area contributed by atoms with Crippen LogP contribution in [0, 0.1) is 0 Å². The number of carbonyl (C=O) groups is 1. The molecule has 0 saturated carbocycles. The molecule has 176 valence electrons. The Bertz CT molecular complexity index is 1370. The molecule has 3 aromatic carbocycles. The first-order chi connectivity index (χ1) is 16.3. The summed E-state index contributed by atoms with van der Waals surface area (Å²) in [6, 6.07) is 17.8. The van der Waals surface area contributed by atoms with E-state index in [4.69, 9.17) is 27.9 Å². The van der Waals surface area contributed by atoms with Crippen molar-refractivity contribution in [1.82, 2.24) is 0 Å². The van der Waals surface area contributed by atoms with Crippen LogP contribution in [0.3, 0.4) is 0 Å². The zero-order valence-corrected chi connectivity index (χ0v) is 20.4. The van der Waals surface area contributed by atoms with Crippen LogP contribution in [0.2, 0.25) is 10.0 Å². The van der Waals surface area contributed by atoms with Gasteiger partial charge in [-0.2, -0.15) is 0 Å². The van der Waals surface area contributed by atoms with Gasteiger partial charge in [0.1, 0.15) is 16.7 Å². The van der Waals surface area contributed by atoms with Crippen molar-refractivity contribution in [1.29, 1.82) is 0 Å². The Morgan fingerprint density at radius 2 is 1.71 bits per heavy atom. The summed E-state index contributed by atoms with van der Waals surface area (Å²) >= 11 is 12.2. The highest BCUT2D eigenvalue weighted by molar-refractivity contribution is 7.95. The number of rotatable bonds is 7. The molecule has 3 aromatic rings. The summed E-state index contributed by atoms with van der Waals surface area (Å²) in [5.74, 6) is -1.19. The normalized spacial score (nSPS) is 16.3. The molecule has 1 aliphatic rings. The third-order valence-electron chi connectivity index (χ3n) is 5.33. The molecule has 0 saturated heterocycles. The van der Waals surface area contributed by atoms with E-state index in [1.54, 1.807) is 48.5 Å². The number of aliphatic hydroxyl groups is 1. The number of aliphatic hydroxyl groups excluding tert-OH is 1. The van der Waals surface area contributed by atoms with Crippen LogP contribution in [-0.2, 0) is 14.6 Å². The van der Waals surface area contributed by atoms with Gasteiger partial charge in [0.25, 0.3) is 5.91 Å². The predicted octanol–water partition coefficient (Wildman–Crippen LogP) is 6.11. The van der Waals surface area contributed by atoms with E-state index in [0.717, 1.165) is 6.42 Å². The fourth-order valence-electron chi connectivity index (χ4n) is 3.78. The molecule has 6 nitrogen and oxygen atoms in total. The van der Waals surface area contributed by atoms with Crippen LogP contribution in [0.15, 0.2) is 88.4 Å². The monoisotopic (exact) mass is 517 g/mol. The molecule has 1 aliphatic heterocycles. The number of benzene rings is 3. The average Bonchev–Trinajstić information content (AvgIpc) is 3.11. The van der Waals surface area contributed by atoms with Crippen molar-refractivity contribution in [3.63, 3.8) is 0 Å². The molecule has 0 bridgehead atoms. The lowest BCUT2D eigenvalue weighted by Crippen LogP contribution is -2.31. The van der Waals surface area contributed by atoms with Crippen LogP contribution in [0.25, 0.3) is 0 Å². The quantitative estimate of drug-likeness (QED) is 0.408. The first-order valence-electron chi connectivity index (χ1n) is 10.5. The van der Waals surface area contributed by atoms with Crippen molar-refractivity contribution in [2.24, 2.45) is 0 Å². The van der Waals surface area contributed by atoms with Crippen molar-refractivity contribution < 1.29 is 23.1 Å². The highest BCUT2D eigenvalue weighted by Gasteiger charge is 2.47. The molecule has 0 unspecified atom stereocenters. The van der Waals surface area contributed by atoms with E-state index in [0.29, 0.717) is 17.9 Å². The summed E-state index contributed by atoms with van der Waals surface area (Å²) in [6.07, 6.45) is 0.788. The second-order valence-electron chi connectivity index (χ2n) is 7.63. The van der Waals surface area contributed by atoms with E-state index in [-0.39, 0.29) is 20.6 Å². The van der Waals surface area contributed by atoms with Crippen LogP contribution in [-0.4, -0.2) is 26.0 Å². The zero-order valence-electron chi connectivity index (χ0n) is 18.1. The van der Waals surface area contributed by atoms with E-state index >= 15 is 0 Å². The Balaban J connectivity index is 1.92. The number of anilines is 1. The van der Waals surface area contributed by atoms with E-state index in [1.807, 2.05) is 6.92 Å². The molecule has 0 spiro atoms. The van der Waals surface area contributed by atoms with Crippen LogP contribution in [0.5, 0.6) is 5.75 Å². The van der Waals surface area contributed by atoms with Gasteiger partial charge in [0.15, 0.2) is 5.76 Å². The van der Waals surface area contributed by atoms with E-state index in [1.165, 1.54) is 29.2 Å². The number of carbonyl (C=O) groups excluding carboxylic acids is 1. The number of halogens is 2. The minimum absolute atomic E-state index is 0.0382. The lowest BCUT2D eigenvalue weighted by atomic mass is 10.1. The van der Waals surface area contributed by atoms with Crippen molar-refractivity contribution in [3.05, 3.63) is 99.1 Å². The largest absolute Gasteiger partial charge is 0.502 e. The lowest BCUT2D eigenvalue weighted by Gasteiger charge is -2.27. The highest BCUT2D eigenvalue weighted by atomic mass is 35.5. The molecule has 1 heterocycles. The number of amides is 1. The summed E-state index contributed by atoms with van der Waals surface area (Å²) in [7, 11) is -4.24. The maximum absolute atomic E-state index is 13.7. The van der Waals surface area contributed by atoms with Gasteiger partial charge in [-0.05, 0) is 54.4 Å². The van der Waals surface area contributed by atoms with Gasteiger partial charge in [-0.15, -0.1) is 0 Å². The highest BCUT2D eigenvalue weighted by Crippen LogP contribution is 2.46. The molecule has 0 aliphatic carbocycles. The third kappa shape index (κ3) is 4.39. The molecular weight excluding hydrogens is 497 g/mol. The summed E-state index contributed by atoms with van der Waals surface area (Å²) < 4.78 is 33.0. The van der Waals surface area contributed by atoms with Crippen molar-refractivity contribution in [3.8, 4) is 5.75 Å². The minimum atomic E-state index is -4.24. The third-order valence-corrected chi connectivity index (χ3v) is 7.96. The number of ether oxygens (including phenoxy) is 1. The van der Waals surface area contributed by atoms with Crippen molar-refractivity contribution in [2.75, 3.05) is 11.5 Å². The summed E-state index contributed by atoms with van der Waals surface area (Å²) in [4.78, 5) is 14.0. The molecule has 0 fully saturated rings. The molecule has 1 atom stereocenters. The Labute approximate surface area is 207 Å². The molecular formula is C25H21Cl2NO5S. The standard InChI is InChI=1S/C25H21Cl2NO5S/c1-2-13-33-18-8-6-7-16(14-18)22-24(34(31,32)19-9-4-3-5-10-19)23(29)25(30)28(22)17-11-12-20(26)21(27)15-17/h3-12,14-15,22,29H,2,13H2,1H3/t22-/m0/s1. The first-order valence-corrected chi connectivity index (χ1v) is 12.7. The molecule has 34 heavy (non-hydrogen) atoms.